The minimum absolute atomic E-state index is 0.294. The van der Waals surface area contributed by atoms with E-state index in [0.717, 1.165) is 16.9 Å². The molecule has 2 N–H and O–H groups in total. The SMILES string of the molecule is Cc1c(NCc2cccc(O)c2)cnn1C. The number of aromatic hydroxyl groups is 1. The summed E-state index contributed by atoms with van der Waals surface area (Å²) in [6.45, 7) is 2.69. The minimum atomic E-state index is 0.294. The Morgan fingerprint density at radius 3 is 2.88 bits per heavy atom. The standard InChI is InChI=1S/C12H15N3O/c1-9-12(8-14-15(9)2)13-7-10-4-3-5-11(16)6-10/h3-6,8,13,16H,7H2,1-2H3. The number of rotatable bonds is 3. The minimum Gasteiger partial charge on any atom is -0.508 e. The lowest BCUT2D eigenvalue weighted by molar-refractivity contribution is 0.474. The zero-order valence-electron chi connectivity index (χ0n) is 9.44. The van der Waals surface area contributed by atoms with E-state index >= 15 is 0 Å². The number of anilines is 1. The summed E-state index contributed by atoms with van der Waals surface area (Å²) in [6, 6.07) is 7.22. The van der Waals surface area contributed by atoms with Crippen LogP contribution in [0.3, 0.4) is 0 Å². The Kier molecular flexibility index (Phi) is 2.81. The lowest BCUT2D eigenvalue weighted by atomic mass is 10.2. The molecule has 2 rings (SSSR count). The van der Waals surface area contributed by atoms with Crippen LogP contribution in [0.5, 0.6) is 5.75 Å². The average molecular weight is 217 g/mol. The van der Waals surface area contributed by atoms with Crippen LogP contribution in [0, 0.1) is 6.92 Å². The molecule has 1 heterocycles. The molecule has 0 spiro atoms. The van der Waals surface area contributed by atoms with Crippen molar-refractivity contribution in [2.45, 2.75) is 13.5 Å². The summed E-state index contributed by atoms with van der Waals surface area (Å²) < 4.78 is 1.82. The smallest absolute Gasteiger partial charge is 0.115 e. The monoisotopic (exact) mass is 217 g/mol. The van der Waals surface area contributed by atoms with Crippen LogP contribution in [0.1, 0.15) is 11.3 Å². The van der Waals surface area contributed by atoms with E-state index in [9.17, 15) is 5.11 Å². The van der Waals surface area contributed by atoms with Gasteiger partial charge in [-0.05, 0) is 24.6 Å². The second-order valence-electron chi connectivity index (χ2n) is 3.79. The molecule has 16 heavy (non-hydrogen) atoms. The van der Waals surface area contributed by atoms with Crippen LogP contribution in [0.15, 0.2) is 30.5 Å². The maximum atomic E-state index is 9.32. The lowest BCUT2D eigenvalue weighted by Crippen LogP contribution is -2.00. The summed E-state index contributed by atoms with van der Waals surface area (Å²) >= 11 is 0. The van der Waals surface area contributed by atoms with E-state index in [2.05, 4.69) is 10.4 Å². The van der Waals surface area contributed by atoms with Gasteiger partial charge in [0.15, 0.2) is 0 Å². The number of aromatic nitrogens is 2. The highest BCUT2D eigenvalue weighted by molar-refractivity contribution is 5.46. The Balaban J connectivity index is 2.05. The highest BCUT2D eigenvalue weighted by Gasteiger charge is 2.02. The van der Waals surface area contributed by atoms with Crippen LogP contribution in [0.25, 0.3) is 0 Å². The van der Waals surface area contributed by atoms with Gasteiger partial charge in [0, 0.05) is 13.6 Å². The van der Waals surface area contributed by atoms with Crippen LogP contribution >= 0.6 is 0 Å². The molecule has 1 aromatic heterocycles. The Bertz CT molecular complexity index is 491. The van der Waals surface area contributed by atoms with Crippen molar-refractivity contribution < 1.29 is 5.11 Å². The van der Waals surface area contributed by atoms with E-state index in [1.807, 2.05) is 30.8 Å². The molecule has 0 aliphatic heterocycles. The van der Waals surface area contributed by atoms with Crippen molar-refractivity contribution in [3.63, 3.8) is 0 Å². The largest absolute Gasteiger partial charge is 0.508 e. The van der Waals surface area contributed by atoms with Crippen LogP contribution in [0.4, 0.5) is 5.69 Å². The number of nitrogens with zero attached hydrogens (tertiary/aromatic N) is 2. The Hall–Kier alpha value is -1.97. The third kappa shape index (κ3) is 2.16. The molecule has 2 aromatic rings. The van der Waals surface area contributed by atoms with E-state index in [-0.39, 0.29) is 0 Å². The molecule has 0 fully saturated rings. The number of hydrogen-bond acceptors (Lipinski definition) is 3. The van der Waals surface area contributed by atoms with Crippen molar-refractivity contribution in [2.75, 3.05) is 5.32 Å². The predicted molar refractivity (Wildman–Crippen MR) is 63.4 cm³/mol. The molecular formula is C12H15N3O. The van der Waals surface area contributed by atoms with Gasteiger partial charge in [-0.3, -0.25) is 4.68 Å². The van der Waals surface area contributed by atoms with Crippen LogP contribution < -0.4 is 5.32 Å². The number of phenols is 1. The topological polar surface area (TPSA) is 50.1 Å². The fourth-order valence-corrected chi connectivity index (χ4v) is 1.54. The van der Waals surface area contributed by atoms with Gasteiger partial charge >= 0.3 is 0 Å². The van der Waals surface area contributed by atoms with Gasteiger partial charge in [-0.15, -0.1) is 0 Å². The van der Waals surface area contributed by atoms with E-state index in [1.54, 1.807) is 18.3 Å². The van der Waals surface area contributed by atoms with E-state index in [1.165, 1.54) is 0 Å². The molecule has 0 amide bonds. The van der Waals surface area contributed by atoms with Crippen LogP contribution in [-0.4, -0.2) is 14.9 Å². The summed E-state index contributed by atoms with van der Waals surface area (Å²) in [6.07, 6.45) is 1.80. The fourth-order valence-electron chi connectivity index (χ4n) is 1.54. The average Bonchev–Trinajstić information content (AvgIpc) is 2.57. The van der Waals surface area contributed by atoms with Crippen molar-refractivity contribution in [1.29, 1.82) is 0 Å². The van der Waals surface area contributed by atoms with Gasteiger partial charge in [0.25, 0.3) is 0 Å². The summed E-state index contributed by atoms with van der Waals surface area (Å²) in [5, 5.41) is 16.8. The van der Waals surface area contributed by atoms with Crippen molar-refractivity contribution in [3.05, 3.63) is 41.7 Å². The molecule has 4 heteroatoms. The first kappa shape index (κ1) is 10.5. The molecule has 0 saturated heterocycles. The Morgan fingerprint density at radius 1 is 1.44 bits per heavy atom. The van der Waals surface area contributed by atoms with E-state index in [4.69, 9.17) is 0 Å². The van der Waals surface area contributed by atoms with Gasteiger partial charge in [0.2, 0.25) is 0 Å². The van der Waals surface area contributed by atoms with Crippen molar-refractivity contribution in [3.8, 4) is 5.75 Å². The zero-order chi connectivity index (χ0) is 11.5. The van der Waals surface area contributed by atoms with Crippen molar-refractivity contribution in [1.82, 2.24) is 9.78 Å². The lowest BCUT2D eigenvalue weighted by Gasteiger charge is -2.06. The zero-order valence-corrected chi connectivity index (χ0v) is 9.44. The maximum absolute atomic E-state index is 9.32. The number of benzene rings is 1. The first-order valence-corrected chi connectivity index (χ1v) is 5.17. The Morgan fingerprint density at radius 2 is 2.25 bits per heavy atom. The molecule has 0 atom stereocenters. The van der Waals surface area contributed by atoms with Gasteiger partial charge in [0.1, 0.15) is 5.75 Å². The molecule has 0 aliphatic carbocycles. The van der Waals surface area contributed by atoms with E-state index in [0.29, 0.717) is 12.3 Å². The third-order valence-corrected chi connectivity index (χ3v) is 2.63. The van der Waals surface area contributed by atoms with Gasteiger partial charge in [0.05, 0.1) is 17.6 Å². The molecule has 1 aromatic carbocycles. The highest BCUT2D eigenvalue weighted by atomic mass is 16.3. The van der Waals surface area contributed by atoms with Gasteiger partial charge in [-0.25, -0.2) is 0 Å². The number of hydrogen-bond donors (Lipinski definition) is 2. The van der Waals surface area contributed by atoms with E-state index < -0.39 is 0 Å². The molecule has 84 valence electrons. The molecule has 0 bridgehead atoms. The molecule has 4 nitrogen and oxygen atoms in total. The molecule has 0 unspecified atom stereocenters. The summed E-state index contributed by atoms with van der Waals surface area (Å²) in [5.41, 5.74) is 3.16. The van der Waals surface area contributed by atoms with Gasteiger partial charge in [-0.2, -0.15) is 5.10 Å². The van der Waals surface area contributed by atoms with Gasteiger partial charge in [-0.1, -0.05) is 12.1 Å². The normalized spacial score (nSPS) is 10.4. The third-order valence-electron chi connectivity index (χ3n) is 2.63. The highest BCUT2D eigenvalue weighted by Crippen LogP contribution is 2.15. The summed E-state index contributed by atoms with van der Waals surface area (Å²) in [4.78, 5) is 0. The first-order chi connectivity index (χ1) is 7.66. The van der Waals surface area contributed by atoms with Crippen molar-refractivity contribution >= 4 is 5.69 Å². The summed E-state index contributed by atoms with van der Waals surface area (Å²) in [5.74, 6) is 0.294. The second-order valence-corrected chi connectivity index (χ2v) is 3.79. The summed E-state index contributed by atoms with van der Waals surface area (Å²) in [7, 11) is 1.91. The van der Waals surface area contributed by atoms with Crippen LogP contribution in [0.2, 0.25) is 0 Å². The molecule has 0 aliphatic rings. The number of phenolic OH excluding ortho intramolecular Hbond substituents is 1. The Labute approximate surface area is 94.5 Å². The number of nitrogens with one attached hydrogen (secondary N) is 1. The first-order valence-electron chi connectivity index (χ1n) is 5.17. The fraction of sp³-hybridized carbons (Fsp3) is 0.250. The van der Waals surface area contributed by atoms with Crippen LogP contribution in [-0.2, 0) is 13.6 Å². The quantitative estimate of drug-likeness (QED) is 0.827. The maximum Gasteiger partial charge on any atom is 0.115 e. The molecular weight excluding hydrogens is 202 g/mol. The molecule has 0 radical (unpaired) electrons. The number of aryl methyl sites for hydroxylation is 1. The predicted octanol–water partition coefficient (Wildman–Crippen LogP) is 2.05. The van der Waals surface area contributed by atoms with Gasteiger partial charge < -0.3 is 10.4 Å². The second kappa shape index (κ2) is 4.26. The van der Waals surface area contributed by atoms with Crippen molar-refractivity contribution in [2.24, 2.45) is 7.05 Å². The molecule has 0 saturated carbocycles.